The Balaban J connectivity index is 1.76. The predicted molar refractivity (Wildman–Crippen MR) is 104 cm³/mol. The minimum Gasteiger partial charge on any atom is -0.464 e. The Morgan fingerprint density at radius 3 is 2.70 bits per heavy atom. The lowest BCUT2D eigenvalue weighted by atomic mass is 10.0. The second-order valence-corrected chi connectivity index (χ2v) is 6.49. The molecule has 1 aromatic carbocycles. The van der Waals surface area contributed by atoms with Crippen LogP contribution in [-0.4, -0.2) is 27.8 Å². The zero-order valence-corrected chi connectivity index (χ0v) is 15.2. The molecular formula is C22H19N3O2. The van der Waals surface area contributed by atoms with Gasteiger partial charge in [-0.1, -0.05) is 18.2 Å². The highest BCUT2D eigenvalue weighted by Gasteiger charge is 2.18. The van der Waals surface area contributed by atoms with Crippen LogP contribution in [0.2, 0.25) is 0 Å². The fourth-order valence-corrected chi connectivity index (χ4v) is 3.10. The maximum absolute atomic E-state index is 13.2. The maximum Gasteiger partial charge on any atom is 0.254 e. The number of aryl methyl sites for hydroxylation is 1. The van der Waals surface area contributed by atoms with E-state index in [2.05, 4.69) is 4.98 Å². The molecule has 3 heterocycles. The van der Waals surface area contributed by atoms with Crippen LogP contribution in [0.5, 0.6) is 0 Å². The fraction of sp³-hybridized carbons (Fsp3) is 0.136. The highest BCUT2D eigenvalue weighted by atomic mass is 16.3. The average Bonchev–Trinajstić information content (AvgIpc) is 3.11. The van der Waals surface area contributed by atoms with Gasteiger partial charge in [-0.3, -0.25) is 9.78 Å². The molecule has 0 aliphatic heterocycles. The number of nitrogens with zero attached hydrogens (tertiary/aromatic N) is 3. The minimum absolute atomic E-state index is 0.0761. The van der Waals surface area contributed by atoms with Crippen LogP contribution >= 0.6 is 0 Å². The van der Waals surface area contributed by atoms with Crippen LogP contribution in [0.3, 0.4) is 0 Å². The number of hydrogen-bond donors (Lipinski definition) is 0. The van der Waals surface area contributed by atoms with Crippen molar-refractivity contribution in [2.24, 2.45) is 0 Å². The third-order valence-corrected chi connectivity index (χ3v) is 4.44. The molecule has 0 saturated heterocycles. The predicted octanol–water partition coefficient (Wildman–Crippen LogP) is 4.47. The summed E-state index contributed by atoms with van der Waals surface area (Å²) in [4.78, 5) is 23.7. The summed E-state index contributed by atoms with van der Waals surface area (Å²) in [6.45, 7) is 2.30. The first-order valence-corrected chi connectivity index (χ1v) is 8.73. The van der Waals surface area contributed by atoms with E-state index < -0.39 is 0 Å². The number of benzene rings is 1. The lowest BCUT2D eigenvalue weighted by Crippen LogP contribution is -2.26. The van der Waals surface area contributed by atoms with Gasteiger partial charge in [0.1, 0.15) is 11.5 Å². The molecule has 0 fully saturated rings. The van der Waals surface area contributed by atoms with Crippen LogP contribution in [0.4, 0.5) is 0 Å². The molecule has 4 rings (SSSR count). The van der Waals surface area contributed by atoms with Gasteiger partial charge >= 0.3 is 0 Å². The van der Waals surface area contributed by atoms with Crippen LogP contribution < -0.4 is 0 Å². The molecule has 0 saturated carbocycles. The standard InChI is InChI=1S/C22H19N3O2/c1-15-9-10-17(27-15)14-25(2)22(26)19-12-21(16-6-5-11-23-13-16)24-20-8-4-3-7-18(19)20/h3-13H,14H2,1-2H3. The first kappa shape index (κ1) is 17.0. The third kappa shape index (κ3) is 3.44. The van der Waals surface area contributed by atoms with Crippen molar-refractivity contribution in [3.63, 3.8) is 0 Å². The molecule has 0 unspecified atom stereocenters. The molecule has 0 aliphatic carbocycles. The van der Waals surface area contributed by atoms with Crippen molar-refractivity contribution < 1.29 is 9.21 Å². The van der Waals surface area contributed by atoms with Gasteiger partial charge in [0, 0.05) is 30.4 Å². The summed E-state index contributed by atoms with van der Waals surface area (Å²) >= 11 is 0. The highest BCUT2D eigenvalue weighted by Crippen LogP contribution is 2.25. The van der Waals surface area contributed by atoms with Crippen molar-refractivity contribution in [1.29, 1.82) is 0 Å². The summed E-state index contributed by atoms with van der Waals surface area (Å²) in [7, 11) is 1.78. The molecule has 3 aromatic heterocycles. The fourth-order valence-electron chi connectivity index (χ4n) is 3.10. The minimum atomic E-state index is -0.0761. The van der Waals surface area contributed by atoms with Gasteiger partial charge in [-0.25, -0.2) is 4.98 Å². The maximum atomic E-state index is 13.2. The summed E-state index contributed by atoms with van der Waals surface area (Å²) in [5.41, 5.74) is 3.00. The Labute approximate surface area is 157 Å². The number of pyridine rings is 2. The smallest absolute Gasteiger partial charge is 0.254 e. The number of aromatic nitrogens is 2. The van der Waals surface area contributed by atoms with E-state index in [1.807, 2.05) is 61.5 Å². The number of amides is 1. The lowest BCUT2D eigenvalue weighted by Gasteiger charge is -2.18. The molecule has 0 radical (unpaired) electrons. The zero-order chi connectivity index (χ0) is 18.8. The van der Waals surface area contributed by atoms with Crippen molar-refractivity contribution >= 4 is 16.8 Å². The van der Waals surface area contributed by atoms with E-state index >= 15 is 0 Å². The van der Waals surface area contributed by atoms with Crippen molar-refractivity contribution in [3.8, 4) is 11.3 Å². The van der Waals surface area contributed by atoms with Crippen LogP contribution in [0.1, 0.15) is 21.9 Å². The van der Waals surface area contributed by atoms with Crippen LogP contribution in [0.25, 0.3) is 22.2 Å². The van der Waals surface area contributed by atoms with Gasteiger partial charge in [0.05, 0.1) is 23.3 Å². The Kier molecular flexibility index (Phi) is 4.42. The second-order valence-electron chi connectivity index (χ2n) is 6.49. The number of para-hydroxylation sites is 1. The first-order chi connectivity index (χ1) is 13.1. The topological polar surface area (TPSA) is 59.2 Å². The van der Waals surface area contributed by atoms with Gasteiger partial charge in [0.2, 0.25) is 0 Å². The van der Waals surface area contributed by atoms with Crippen molar-refractivity contribution in [1.82, 2.24) is 14.9 Å². The summed E-state index contributed by atoms with van der Waals surface area (Å²) in [6, 6.07) is 17.1. The highest BCUT2D eigenvalue weighted by molar-refractivity contribution is 6.07. The molecule has 0 spiro atoms. The second kappa shape index (κ2) is 7.03. The molecule has 5 heteroatoms. The van der Waals surface area contributed by atoms with Gasteiger partial charge in [0.25, 0.3) is 5.91 Å². The Morgan fingerprint density at radius 1 is 1.11 bits per heavy atom. The number of fused-ring (bicyclic) bond motifs is 1. The Morgan fingerprint density at radius 2 is 1.96 bits per heavy atom. The SMILES string of the molecule is Cc1ccc(CN(C)C(=O)c2cc(-c3cccnc3)nc3ccccc23)o1. The number of carbonyl (C=O) groups excluding carboxylic acids is 1. The molecule has 0 aliphatic rings. The summed E-state index contributed by atoms with van der Waals surface area (Å²) < 4.78 is 5.61. The van der Waals surface area contributed by atoms with E-state index in [-0.39, 0.29) is 5.91 Å². The van der Waals surface area contributed by atoms with Crippen LogP contribution in [0.15, 0.2) is 71.4 Å². The third-order valence-electron chi connectivity index (χ3n) is 4.44. The quantitative estimate of drug-likeness (QED) is 0.541. The van der Waals surface area contributed by atoms with E-state index in [9.17, 15) is 4.79 Å². The van der Waals surface area contributed by atoms with Crippen LogP contribution in [0, 0.1) is 6.92 Å². The average molecular weight is 357 g/mol. The van der Waals surface area contributed by atoms with Gasteiger partial charge in [0.15, 0.2) is 0 Å². The number of carbonyl (C=O) groups is 1. The molecule has 27 heavy (non-hydrogen) atoms. The van der Waals surface area contributed by atoms with E-state index in [0.29, 0.717) is 12.1 Å². The van der Waals surface area contributed by atoms with E-state index in [0.717, 1.165) is 33.7 Å². The van der Waals surface area contributed by atoms with Gasteiger partial charge in [-0.05, 0) is 43.3 Å². The van der Waals surface area contributed by atoms with E-state index in [1.54, 1.807) is 24.3 Å². The largest absolute Gasteiger partial charge is 0.464 e. The zero-order valence-electron chi connectivity index (χ0n) is 15.2. The van der Waals surface area contributed by atoms with E-state index in [1.165, 1.54) is 0 Å². The van der Waals surface area contributed by atoms with Gasteiger partial charge < -0.3 is 9.32 Å². The first-order valence-electron chi connectivity index (χ1n) is 8.73. The normalized spacial score (nSPS) is 10.9. The van der Waals surface area contributed by atoms with Gasteiger partial charge in [-0.15, -0.1) is 0 Å². The Bertz CT molecular complexity index is 1100. The number of rotatable bonds is 4. The molecule has 4 aromatic rings. The monoisotopic (exact) mass is 357 g/mol. The summed E-state index contributed by atoms with van der Waals surface area (Å²) in [5.74, 6) is 1.51. The lowest BCUT2D eigenvalue weighted by molar-refractivity contribution is 0.0777. The number of furan rings is 1. The van der Waals surface area contributed by atoms with Crippen molar-refractivity contribution in [3.05, 3.63) is 84.1 Å². The van der Waals surface area contributed by atoms with Crippen LogP contribution in [-0.2, 0) is 6.54 Å². The molecule has 0 atom stereocenters. The molecule has 0 bridgehead atoms. The summed E-state index contributed by atoms with van der Waals surface area (Å²) in [5, 5.41) is 0.831. The molecule has 134 valence electrons. The molecule has 5 nitrogen and oxygen atoms in total. The molecule has 0 N–H and O–H groups in total. The van der Waals surface area contributed by atoms with Crippen molar-refractivity contribution in [2.75, 3.05) is 7.05 Å². The molecular weight excluding hydrogens is 338 g/mol. The van der Waals surface area contributed by atoms with E-state index in [4.69, 9.17) is 9.40 Å². The molecule has 1 amide bonds. The number of hydrogen-bond acceptors (Lipinski definition) is 4. The summed E-state index contributed by atoms with van der Waals surface area (Å²) in [6.07, 6.45) is 3.47. The van der Waals surface area contributed by atoms with Crippen molar-refractivity contribution in [2.45, 2.75) is 13.5 Å². The Hall–Kier alpha value is -3.47. The van der Waals surface area contributed by atoms with Gasteiger partial charge in [-0.2, -0.15) is 0 Å².